The third-order valence-corrected chi connectivity index (χ3v) is 4.82. The van der Waals surface area contributed by atoms with Crippen molar-refractivity contribution in [2.45, 2.75) is 25.1 Å². The van der Waals surface area contributed by atoms with Crippen LogP contribution in [0.25, 0.3) is 0 Å². The lowest BCUT2D eigenvalue weighted by atomic mass is 10.2. The molecule has 0 radical (unpaired) electrons. The Morgan fingerprint density at radius 1 is 1.44 bits per heavy atom. The Kier molecular flexibility index (Phi) is 4.82. The van der Waals surface area contributed by atoms with Gasteiger partial charge in [-0.25, -0.2) is 12.8 Å². The monoisotopic (exact) mass is 270 g/mol. The summed E-state index contributed by atoms with van der Waals surface area (Å²) in [5.74, 6) is -0.454. The maximum absolute atomic E-state index is 13.4. The number of nitrogens with zero attached hydrogens (tertiary/aromatic N) is 2. The Balaban J connectivity index is 2.93. The van der Waals surface area contributed by atoms with Gasteiger partial charge < -0.3 is 0 Å². The summed E-state index contributed by atoms with van der Waals surface area (Å²) >= 11 is 0. The molecule has 0 amide bonds. The minimum atomic E-state index is -3.71. The second-order valence-corrected chi connectivity index (χ2v) is 6.14. The number of sulfonamides is 1. The molecule has 98 valence electrons. The van der Waals surface area contributed by atoms with E-state index in [9.17, 15) is 12.8 Å². The van der Waals surface area contributed by atoms with Gasteiger partial charge >= 0.3 is 0 Å². The molecule has 0 fully saturated rings. The van der Waals surface area contributed by atoms with E-state index >= 15 is 0 Å². The lowest BCUT2D eigenvalue weighted by molar-refractivity contribution is 0.450. The molecule has 1 aromatic carbocycles. The summed E-state index contributed by atoms with van der Waals surface area (Å²) in [4.78, 5) is 0. The van der Waals surface area contributed by atoms with E-state index < -0.39 is 21.1 Å². The molecule has 0 aliphatic carbocycles. The molecule has 1 unspecified atom stereocenters. The zero-order chi connectivity index (χ0) is 13.8. The van der Waals surface area contributed by atoms with Gasteiger partial charge in [-0.05, 0) is 12.5 Å². The summed E-state index contributed by atoms with van der Waals surface area (Å²) in [5.41, 5.74) is 0.288. The smallest absolute Gasteiger partial charge is 0.211 e. The van der Waals surface area contributed by atoms with Crippen molar-refractivity contribution in [2.24, 2.45) is 0 Å². The molecule has 1 rings (SSSR count). The van der Waals surface area contributed by atoms with Crippen LogP contribution in [0.2, 0.25) is 0 Å². The van der Waals surface area contributed by atoms with Gasteiger partial charge in [-0.1, -0.05) is 25.1 Å². The van der Waals surface area contributed by atoms with Crippen LogP contribution in [0.3, 0.4) is 0 Å². The van der Waals surface area contributed by atoms with Crippen LogP contribution in [0.1, 0.15) is 18.9 Å². The molecule has 0 bridgehead atoms. The molecule has 0 spiro atoms. The van der Waals surface area contributed by atoms with E-state index in [0.717, 1.165) is 4.31 Å². The fourth-order valence-electron chi connectivity index (χ4n) is 1.54. The molecule has 1 atom stereocenters. The molecule has 0 N–H and O–H groups in total. The lowest BCUT2D eigenvalue weighted by Crippen LogP contribution is -2.34. The summed E-state index contributed by atoms with van der Waals surface area (Å²) in [5, 5.41) is 7.71. The van der Waals surface area contributed by atoms with E-state index in [0.29, 0.717) is 0 Å². The fourth-order valence-corrected chi connectivity index (χ4v) is 2.85. The van der Waals surface area contributed by atoms with Gasteiger partial charge in [0, 0.05) is 19.2 Å². The number of hydrogen-bond donors (Lipinski definition) is 0. The molecule has 0 aliphatic heterocycles. The van der Waals surface area contributed by atoms with E-state index in [-0.39, 0.29) is 18.5 Å². The highest BCUT2D eigenvalue weighted by Crippen LogP contribution is 2.15. The number of nitriles is 1. The van der Waals surface area contributed by atoms with Crippen molar-refractivity contribution in [1.82, 2.24) is 4.31 Å². The number of rotatable bonds is 5. The minimum absolute atomic E-state index is 0.0762. The highest BCUT2D eigenvalue weighted by molar-refractivity contribution is 7.89. The lowest BCUT2D eigenvalue weighted by Gasteiger charge is -2.19. The van der Waals surface area contributed by atoms with Gasteiger partial charge in [-0.2, -0.15) is 9.57 Å². The predicted molar refractivity (Wildman–Crippen MR) is 66.5 cm³/mol. The summed E-state index contributed by atoms with van der Waals surface area (Å²) in [6, 6.07) is 7.73. The Bertz CT molecular complexity index is 551. The molecule has 0 saturated carbocycles. The van der Waals surface area contributed by atoms with Crippen LogP contribution in [-0.4, -0.2) is 25.0 Å². The molecule has 0 heterocycles. The average molecular weight is 270 g/mol. The zero-order valence-corrected chi connectivity index (χ0v) is 11.1. The normalized spacial score (nSPS) is 13.3. The van der Waals surface area contributed by atoms with Gasteiger partial charge in [0.25, 0.3) is 0 Å². The van der Waals surface area contributed by atoms with Gasteiger partial charge in [0.05, 0.1) is 6.07 Å². The fraction of sp³-hybridized carbons (Fsp3) is 0.417. The maximum Gasteiger partial charge on any atom is 0.230 e. The predicted octanol–water partition coefficient (Wildman–Crippen LogP) is 1.89. The molecule has 18 heavy (non-hydrogen) atoms. The van der Waals surface area contributed by atoms with Gasteiger partial charge in [-0.15, -0.1) is 0 Å². The van der Waals surface area contributed by atoms with Gasteiger partial charge in [0.2, 0.25) is 10.0 Å². The highest BCUT2D eigenvalue weighted by atomic mass is 32.2. The van der Waals surface area contributed by atoms with Gasteiger partial charge in [0.15, 0.2) is 5.25 Å². The Morgan fingerprint density at radius 3 is 2.56 bits per heavy atom. The Hall–Kier alpha value is -1.45. The second-order valence-electron chi connectivity index (χ2n) is 3.92. The van der Waals surface area contributed by atoms with E-state index in [1.165, 1.54) is 25.2 Å². The summed E-state index contributed by atoms with van der Waals surface area (Å²) in [7, 11) is -2.36. The highest BCUT2D eigenvalue weighted by Gasteiger charge is 2.28. The summed E-state index contributed by atoms with van der Waals surface area (Å²) in [6.07, 6.45) is 0.209. The average Bonchev–Trinajstić information content (AvgIpc) is 2.33. The molecule has 0 aromatic heterocycles. The van der Waals surface area contributed by atoms with Crippen molar-refractivity contribution in [3.8, 4) is 6.07 Å². The van der Waals surface area contributed by atoms with Crippen LogP contribution in [-0.2, 0) is 16.6 Å². The molecular formula is C12H15FN2O2S. The molecular weight excluding hydrogens is 255 g/mol. The standard InChI is InChI=1S/C12H15FN2O2S/c1-3-11(8-14)18(16,17)15(2)9-10-6-4-5-7-12(10)13/h4-7,11H,3,9H2,1-2H3. The first kappa shape index (κ1) is 14.6. The van der Waals surface area contributed by atoms with Crippen molar-refractivity contribution in [1.29, 1.82) is 5.26 Å². The Morgan fingerprint density at radius 2 is 2.06 bits per heavy atom. The first-order valence-corrected chi connectivity index (χ1v) is 7.02. The first-order valence-electron chi connectivity index (χ1n) is 5.51. The molecule has 0 saturated heterocycles. The number of benzene rings is 1. The third-order valence-electron chi connectivity index (χ3n) is 2.66. The molecule has 0 aliphatic rings. The minimum Gasteiger partial charge on any atom is -0.211 e. The van der Waals surface area contributed by atoms with Crippen LogP contribution in [0.5, 0.6) is 0 Å². The van der Waals surface area contributed by atoms with Crippen LogP contribution in [0, 0.1) is 17.1 Å². The Labute approximate surface area is 107 Å². The maximum atomic E-state index is 13.4. The van der Waals surface area contributed by atoms with E-state index in [4.69, 9.17) is 5.26 Å². The molecule has 4 nitrogen and oxygen atoms in total. The van der Waals surface area contributed by atoms with Crippen LogP contribution in [0.4, 0.5) is 4.39 Å². The van der Waals surface area contributed by atoms with Crippen LogP contribution < -0.4 is 0 Å². The second kappa shape index (κ2) is 5.94. The van der Waals surface area contributed by atoms with Crippen molar-refractivity contribution in [3.05, 3.63) is 35.6 Å². The SMILES string of the molecule is CCC(C#N)S(=O)(=O)N(C)Cc1ccccc1F. The van der Waals surface area contributed by atoms with Crippen molar-refractivity contribution in [3.63, 3.8) is 0 Å². The summed E-state index contributed by atoms with van der Waals surface area (Å²) in [6.45, 7) is 1.55. The number of hydrogen-bond acceptors (Lipinski definition) is 3. The first-order chi connectivity index (χ1) is 8.43. The van der Waals surface area contributed by atoms with E-state index in [1.54, 1.807) is 19.1 Å². The van der Waals surface area contributed by atoms with Crippen molar-refractivity contribution < 1.29 is 12.8 Å². The largest absolute Gasteiger partial charge is 0.230 e. The van der Waals surface area contributed by atoms with Gasteiger partial charge in [-0.3, -0.25) is 0 Å². The molecule has 1 aromatic rings. The van der Waals surface area contributed by atoms with Crippen LogP contribution in [0.15, 0.2) is 24.3 Å². The van der Waals surface area contributed by atoms with E-state index in [1.807, 2.05) is 0 Å². The van der Waals surface area contributed by atoms with Gasteiger partial charge in [0.1, 0.15) is 5.82 Å². The van der Waals surface area contributed by atoms with E-state index in [2.05, 4.69) is 0 Å². The topological polar surface area (TPSA) is 61.2 Å². The third kappa shape index (κ3) is 3.06. The quantitative estimate of drug-likeness (QED) is 0.820. The number of halogens is 1. The zero-order valence-electron chi connectivity index (χ0n) is 10.3. The molecule has 6 heteroatoms. The summed E-state index contributed by atoms with van der Waals surface area (Å²) < 4.78 is 38.4. The van der Waals surface area contributed by atoms with Crippen LogP contribution >= 0.6 is 0 Å². The van der Waals surface area contributed by atoms with Crippen molar-refractivity contribution in [2.75, 3.05) is 7.05 Å². The van der Waals surface area contributed by atoms with Crippen molar-refractivity contribution >= 4 is 10.0 Å².